The van der Waals surface area contributed by atoms with E-state index in [9.17, 15) is 0 Å². The van der Waals surface area contributed by atoms with Crippen molar-refractivity contribution in [1.29, 1.82) is 0 Å². The average molecular weight is 233 g/mol. The van der Waals surface area contributed by atoms with Crippen LogP contribution in [0.4, 0.5) is 0 Å². The van der Waals surface area contributed by atoms with Gasteiger partial charge in [-0.1, -0.05) is 0 Å². The fourth-order valence-corrected chi connectivity index (χ4v) is 1.71. The molecule has 0 aliphatic carbocycles. The van der Waals surface area contributed by atoms with E-state index in [1.54, 1.807) is 25.8 Å². The first-order chi connectivity index (χ1) is 8.26. The van der Waals surface area contributed by atoms with Gasteiger partial charge in [0.25, 0.3) is 0 Å². The number of imidazole rings is 1. The summed E-state index contributed by atoms with van der Waals surface area (Å²) in [6.07, 6.45) is 7.09. The summed E-state index contributed by atoms with van der Waals surface area (Å²) in [6, 6.07) is 0.391. The van der Waals surface area contributed by atoms with Gasteiger partial charge in [-0.25, -0.2) is 15.0 Å². The summed E-state index contributed by atoms with van der Waals surface area (Å²) in [5.74, 6) is 0. The molecule has 0 spiro atoms. The van der Waals surface area contributed by atoms with Gasteiger partial charge in [-0.3, -0.25) is 0 Å². The summed E-state index contributed by atoms with van der Waals surface area (Å²) in [7, 11) is 5.39. The van der Waals surface area contributed by atoms with Gasteiger partial charge in [-0.2, -0.15) is 0 Å². The second-order valence-electron chi connectivity index (χ2n) is 3.65. The number of methoxy groups -OCH3 is 1. The Hall–Kier alpha value is -1.95. The van der Waals surface area contributed by atoms with Crippen LogP contribution in [-0.4, -0.2) is 33.7 Å². The maximum absolute atomic E-state index is 4.94. The van der Waals surface area contributed by atoms with Crippen LogP contribution < -0.4 is 10.1 Å². The van der Waals surface area contributed by atoms with Crippen LogP contribution in [0.3, 0.4) is 0 Å². The molecule has 0 aromatic carbocycles. The lowest BCUT2D eigenvalue weighted by molar-refractivity contribution is 0.378. The topological polar surface area (TPSA) is 64.9 Å². The molecule has 1 N–H and O–H groups in total. The molecule has 2 aromatic rings. The van der Waals surface area contributed by atoms with E-state index in [0.717, 1.165) is 11.3 Å². The molecule has 2 rings (SSSR count). The number of hydrogen-bond donors (Lipinski definition) is 1. The zero-order chi connectivity index (χ0) is 12.3. The minimum absolute atomic E-state index is 0.0217. The second-order valence-corrected chi connectivity index (χ2v) is 3.65. The SMILES string of the molecule is CNC(c1cnc(OC)nc1)c1cncn1C. The van der Waals surface area contributed by atoms with Crippen LogP contribution in [0.25, 0.3) is 0 Å². The van der Waals surface area contributed by atoms with Crippen LogP contribution in [0.1, 0.15) is 17.3 Å². The summed E-state index contributed by atoms with van der Waals surface area (Å²) >= 11 is 0. The first-order valence-electron chi connectivity index (χ1n) is 5.25. The molecule has 1 atom stereocenters. The smallest absolute Gasteiger partial charge is 0.316 e. The van der Waals surface area contributed by atoms with Crippen molar-refractivity contribution in [2.24, 2.45) is 7.05 Å². The highest BCUT2D eigenvalue weighted by molar-refractivity contribution is 5.23. The maximum Gasteiger partial charge on any atom is 0.316 e. The first-order valence-corrected chi connectivity index (χ1v) is 5.25. The van der Waals surface area contributed by atoms with E-state index in [1.807, 2.05) is 24.9 Å². The number of hydrogen-bond acceptors (Lipinski definition) is 5. The van der Waals surface area contributed by atoms with Gasteiger partial charge in [0.05, 0.1) is 31.4 Å². The molecule has 0 bridgehead atoms. The van der Waals surface area contributed by atoms with Crippen LogP contribution in [0.5, 0.6) is 6.01 Å². The van der Waals surface area contributed by atoms with Crippen LogP contribution >= 0.6 is 0 Å². The Morgan fingerprint density at radius 2 is 2.00 bits per heavy atom. The first kappa shape index (κ1) is 11.5. The summed E-state index contributed by atoms with van der Waals surface area (Å²) in [5, 5.41) is 3.22. The largest absolute Gasteiger partial charge is 0.467 e. The highest BCUT2D eigenvalue weighted by Gasteiger charge is 2.16. The number of rotatable bonds is 4. The zero-order valence-electron chi connectivity index (χ0n) is 10.1. The third-order valence-electron chi connectivity index (χ3n) is 2.60. The molecule has 17 heavy (non-hydrogen) atoms. The van der Waals surface area contributed by atoms with Crippen LogP contribution in [0, 0.1) is 0 Å². The molecule has 0 radical (unpaired) electrons. The Morgan fingerprint density at radius 3 is 2.47 bits per heavy atom. The van der Waals surface area contributed by atoms with Crippen molar-refractivity contribution in [1.82, 2.24) is 24.8 Å². The lowest BCUT2D eigenvalue weighted by Gasteiger charge is -2.16. The van der Waals surface area contributed by atoms with Crippen molar-refractivity contribution in [3.8, 4) is 6.01 Å². The van der Waals surface area contributed by atoms with Gasteiger partial charge in [0.2, 0.25) is 0 Å². The number of nitrogens with one attached hydrogen (secondary N) is 1. The molecule has 2 aromatic heterocycles. The molecule has 6 nitrogen and oxygen atoms in total. The number of ether oxygens (including phenoxy) is 1. The van der Waals surface area contributed by atoms with Gasteiger partial charge in [0.1, 0.15) is 0 Å². The third kappa shape index (κ3) is 2.26. The van der Waals surface area contributed by atoms with E-state index in [2.05, 4.69) is 20.3 Å². The molecule has 0 fully saturated rings. The number of aryl methyl sites for hydroxylation is 1. The molecular formula is C11H15N5O. The molecular weight excluding hydrogens is 218 g/mol. The minimum Gasteiger partial charge on any atom is -0.467 e. The Morgan fingerprint density at radius 1 is 1.29 bits per heavy atom. The summed E-state index contributed by atoms with van der Waals surface area (Å²) in [6.45, 7) is 0. The molecule has 0 amide bonds. The molecule has 0 saturated carbocycles. The van der Waals surface area contributed by atoms with Gasteiger partial charge in [-0.05, 0) is 7.05 Å². The Labute approximate surface area is 99.7 Å². The Bertz CT molecular complexity index is 479. The summed E-state index contributed by atoms with van der Waals surface area (Å²) in [4.78, 5) is 12.3. The van der Waals surface area contributed by atoms with Gasteiger partial charge in [0, 0.05) is 25.0 Å². The third-order valence-corrected chi connectivity index (χ3v) is 2.60. The van der Waals surface area contributed by atoms with E-state index in [4.69, 9.17) is 4.74 Å². The summed E-state index contributed by atoms with van der Waals surface area (Å²) in [5.41, 5.74) is 2.03. The fourth-order valence-electron chi connectivity index (χ4n) is 1.71. The van der Waals surface area contributed by atoms with Crippen LogP contribution in [0.15, 0.2) is 24.9 Å². The lowest BCUT2D eigenvalue weighted by Crippen LogP contribution is -2.20. The van der Waals surface area contributed by atoms with E-state index < -0.39 is 0 Å². The normalized spacial score (nSPS) is 12.4. The Kier molecular flexibility index (Phi) is 3.34. The zero-order valence-corrected chi connectivity index (χ0v) is 10.1. The highest BCUT2D eigenvalue weighted by atomic mass is 16.5. The quantitative estimate of drug-likeness (QED) is 0.834. The van der Waals surface area contributed by atoms with Gasteiger partial charge >= 0.3 is 6.01 Å². The molecule has 0 aliphatic heterocycles. The molecule has 2 heterocycles. The molecule has 6 heteroatoms. The van der Waals surface area contributed by atoms with Crippen LogP contribution in [0.2, 0.25) is 0 Å². The van der Waals surface area contributed by atoms with Crippen molar-refractivity contribution in [2.75, 3.05) is 14.2 Å². The van der Waals surface area contributed by atoms with Crippen molar-refractivity contribution in [2.45, 2.75) is 6.04 Å². The fraction of sp³-hybridized carbons (Fsp3) is 0.364. The van der Waals surface area contributed by atoms with Crippen LogP contribution in [-0.2, 0) is 7.05 Å². The van der Waals surface area contributed by atoms with Gasteiger partial charge < -0.3 is 14.6 Å². The molecule has 0 saturated heterocycles. The molecule has 0 aliphatic rings. The van der Waals surface area contributed by atoms with Gasteiger partial charge in [-0.15, -0.1) is 0 Å². The highest BCUT2D eigenvalue weighted by Crippen LogP contribution is 2.20. The monoisotopic (exact) mass is 233 g/mol. The maximum atomic E-state index is 4.94. The Balaban J connectivity index is 2.32. The lowest BCUT2D eigenvalue weighted by atomic mass is 10.1. The van der Waals surface area contributed by atoms with E-state index >= 15 is 0 Å². The second kappa shape index (κ2) is 4.92. The van der Waals surface area contributed by atoms with Gasteiger partial charge in [0.15, 0.2) is 0 Å². The number of aromatic nitrogens is 4. The van der Waals surface area contributed by atoms with Crippen molar-refractivity contribution in [3.05, 3.63) is 36.2 Å². The predicted molar refractivity (Wildman–Crippen MR) is 62.7 cm³/mol. The van der Waals surface area contributed by atoms with E-state index in [0.29, 0.717) is 6.01 Å². The predicted octanol–water partition coefficient (Wildman–Crippen LogP) is 0.527. The standard InChI is InChI=1S/C11H15N5O/c1-12-10(9-6-13-7-16(9)2)8-4-14-11(17-3)15-5-8/h4-7,10,12H,1-3H3. The number of nitrogens with zero attached hydrogens (tertiary/aromatic N) is 4. The van der Waals surface area contributed by atoms with E-state index in [-0.39, 0.29) is 6.04 Å². The van der Waals surface area contributed by atoms with Crippen molar-refractivity contribution in [3.63, 3.8) is 0 Å². The minimum atomic E-state index is 0.0217. The summed E-state index contributed by atoms with van der Waals surface area (Å²) < 4.78 is 6.90. The van der Waals surface area contributed by atoms with Crippen molar-refractivity contribution >= 4 is 0 Å². The van der Waals surface area contributed by atoms with Crippen molar-refractivity contribution < 1.29 is 4.74 Å². The molecule has 90 valence electrons. The average Bonchev–Trinajstić information content (AvgIpc) is 2.78. The van der Waals surface area contributed by atoms with E-state index in [1.165, 1.54) is 0 Å². The molecule has 1 unspecified atom stereocenters.